The minimum atomic E-state index is -0.131. The maximum Gasteiger partial charge on any atom is 0.257 e. The standard InChI is InChI=1S/C26H32N2O3/c1-3-27-24(29)17-31-22-13-12-19-14-15-28(26(30)21-6-4-5-7-21)25(23(19)16-22)20-10-8-18(2)9-11-20/h8-13,16,21,25H,3-7,14-15,17H2,1-2H3,(H,27,29)/t25-/m0/s1. The van der Waals surface area contributed by atoms with Crippen LogP contribution in [-0.2, 0) is 16.0 Å². The molecule has 0 radical (unpaired) electrons. The van der Waals surface area contributed by atoms with Crippen LogP contribution < -0.4 is 10.1 Å². The molecule has 2 aliphatic rings. The maximum absolute atomic E-state index is 13.5. The lowest BCUT2D eigenvalue weighted by atomic mass is 9.86. The van der Waals surface area contributed by atoms with Crippen LogP contribution in [0.25, 0.3) is 0 Å². The maximum atomic E-state index is 13.5. The van der Waals surface area contributed by atoms with Gasteiger partial charge in [-0.3, -0.25) is 9.59 Å². The van der Waals surface area contributed by atoms with Gasteiger partial charge in [-0.1, -0.05) is 48.7 Å². The smallest absolute Gasteiger partial charge is 0.257 e. The molecule has 0 bridgehead atoms. The third-order valence-corrected chi connectivity index (χ3v) is 6.47. The first-order valence-corrected chi connectivity index (χ1v) is 11.5. The van der Waals surface area contributed by atoms with Crippen molar-refractivity contribution >= 4 is 11.8 Å². The monoisotopic (exact) mass is 420 g/mol. The fraction of sp³-hybridized carbons (Fsp3) is 0.462. The Balaban J connectivity index is 1.67. The summed E-state index contributed by atoms with van der Waals surface area (Å²) in [4.78, 5) is 27.4. The van der Waals surface area contributed by atoms with E-state index in [1.165, 1.54) is 11.1 Å². The molecule has 0 saturated heterocycles. The fourth-order valence-electron chi connectivity index (χ4n) is 4.83. The zero-order valence-electron chi connectivity index (χ0n) is 18.5. The molecule has 0 spiro atoms. The number of hydrogen-bond donors (Lipinski definition) is 1. The van der Waals surface area contributed by atoms with Gasteiger partial charge in [-0.25, -0.2) is 0 Å². The number of aryl methyl sites for hydroxylation is 1. The number of carbonyl (C=O) groups is 2. The van der Waals surface area contributed by atoms with E-state index < -0.39 is 0 Å². The Bertz CT molecular complexity index is 932. The second-order valence-corrected chi connectivity index (χ2v) is 8.68. The first-order chi connectivity index (χ1) is 15.1. The van der Waals surface area contributed by atoms with Gasteiger partial charge in [-0.15, -0.1) is 0 Å². The van der Waals surface area contributed by atoms with Crippen molar-refractivity contribution in [1.82, 2.24) is 10.2 Å². The Morgan fingerprint density at radius 2 is 1.84 bits per heavy atom. The SMILES string of the molecule is CCNC(=O)COc1ccc2c(c1)[C@H](c1ccc(C)cc1)N(C(=O)C1CCCC1)CC2. The van der Waals surface area contributed by atoms with Crippen LogP contribution in [0.4, 0.5) is 0 Å². The van der Waals surface area contributed by atoms with Crippen LogP contribution >= 0.6 is 0 Å². The molecule has 5 nitrogen and oxygen atoms in total. The highest BCUT2D eigenvalue weighted by Gasteiger charge is 2.36. The van der Waals surface area contributed by atoms with Gasteiger partial charge in [0.25, 0.3) is 5.91 Å². The fourth-order valence-corrected chi connectivity index (χ4v) is 4.83. The quantitative estimate of drug-likeness (QED) is 0.763. The molecule has 2 aromatic carbocycles. The van der Waals surface area contributed by atoms with Gasteiger partial charge in [0.15, 0.2) is 6.61 Å². The van der Waals surface area contributed by atoms with E-state index in [1.54, 1.807) is 0 Å². The van der Waals surface area contributed by atoms with Crippen molar-refractivity contribution in [2.45, 2.75) is 52.0 Å². The van der Waals surface area contributed by atoms with Gasteiger partial charge in [0.1, 0.15) is 5.75 Å². The lowest BCUT2D eigenvalue weighted by molar-refractivity contribution is -0.137. The number of fused-ring (bicyclic) bond motifs is 1. The normalized spacial score (nSPS) is 18.5. The second-order valence-electron chi connectivity index (χ2n) is 8.68. The molecular formula is C26H32N2O3. The van der Waals surface area contributed by atoms with E-state index in [0.29, 0.717) is 12.3 Å². The van der Waals surface area contributed by atoms with E-state index in [9.17, 15) is 9.59 Å². The lowest BCUT2D eigenvalue weighted by Gasteiger charge is -2.39. The third kappa shape index (κ3) is 4.76. The summed E-state index contributed by atoms with van der Waals surface area (Å²) in [6.45, 7) is 5.28. The van der Waals surface area contributed by atoms with E-state index in [2.05, 4.69) is 47.5 Å². The molecule has 4 rings (SSSR count). The van der Waals surface area contributed by atoms with Crippen molar-refractivity contribution in [3.63, 3.8) is 0 Å². The molecule has 1 heterocycles. The van der Waals surface area contributed by atoms with Crippen molar-refractivity contribution in [1.29, 1.82) is 0 Å². The van der Waals surface area contributed by atoms with Crippen molar-refractivity contribution in [2.24, 2.45) is 5.92 Å². The predicted octanol–water partition coefficient (Wildman–Crippen LogP) is 4.17. The Kier molecular flexibility index (Phi) is 6.59. The number of ether oxygens (including phenoxy) is 1. The number of likely N-dealkylation sites (N-methyl/N-ethyl adjacent to an activating group) is 1. The van der Waals surface area contributed by atoms with Gasteiger partial charge in [-0.2, -0.15) is 0 Å². The highest BCUT2D eigenvalue weighted by atomic mass is 16.5. The molecule has 5 heteroatoms. The van der Waals surface area contributed by atoms with Gasteiger partial charge >= 0.3 is 0 Å². The number of hydrogen-bond acceptors (Lipinski definition) is 3. The van der Waals surface area contributed by atoms with E-state index in [0.717, 1.165) is 49.8 Å². The van der Waals surface area contributed by atoms with Crippen LogP contribution in [0, 0.1) is 12.8 Å². The van der Waals surface area contributed by atoms with Gasteiger partial charge in [0.05, 0.1) is 6.04 Å². The van der Waals surface area contributed by atoms with E-state index >= 15 is 0 Å². The minimum Gasteiger partial charge on any atom is -0.484 e. The Hall–Kier alpha value is -2.82. The Morgan fingerprint density at radius 1 is 1.10 bits per heavy atom. The van der Waals surface area contributed by atoms with Gasteiger partial charge in [-0.05, 0) is 61.9 Å². The number of nitrogens with zero attached hydrogens (tertiary/aromatic N) is 1. The summed E-state index contributed by atoms with van der Waals surface area (Å²) in [7, 11) is 0. The van der Waals surface area contributed by atoms with Gasteiger partial charge in [0, 0.05) is 19.0 Å². The molecule has 31 heavy (non-hydrogen) atoms. The van der Waals surface area contributed by atoms with Gasteiger partial charge in [0.2, 0.25) is 5.91 Å². The van der Waals surface area contributed by atoms with Crippen LogP contribution in [0.3, 0.4) is 0 Å². The molecule has 2 amide bonds. The first kappa shape index (κ1) is 21.4. The molecule has 1 atom stereocenters. The summed E-state index contributed by atoms with van der Waals surface area (Å²) < 4.78 is 5.77. The summed E-state index contributed by atoms with van der Waals surface area (Å²) in [6, 6.07) is 14.4. The Labute approximate surface area is 184 Å². The number of benzene rings is 2. The summed E-state index contributed by atoms with van der Waals surface area (Å²) in [6.07, 6.45) is 5.13. The van der Waals surface area contributed by atoms with Crippen molar-refractivity contribution < 1.29 is 14.3 Å². The van der Waals surface area contributed by atoms with Crippen molar-refractivity contribution in [2.75, 3.05) is 19.7 Å². The summed E-state index contributed by atoms with van der Waals surface area (Å²) >= 11 is 0. The highest BCUT2D eigenvalue weighted by Crippen LogP contribution is 2.39. The zero-order valence-corrected chi connectivity index (χ0v) is 18.5. The zero-order chi connectivity index (χ0) is 21.8. The Morgan fingerprint density at radius 3 is 2.55 bits per heavy atom. The molecule has 2 aromatic rings. The summed E-state index contributed by atoms with van der Waals surface area (Å²) in [5.41, 5.74) is 4.67. The third-order valence-electron chi connectivity index (χ3n) is 6.47. The highest BCUT2D eigenvalue weighted by molar-refractivity contribution is 5.80. The van der Waals surface area contributed by atoms with Crippen LogP contribution in [0.5, 0.6) is 5.75 Å². The molecule has 0 unspecified atom stereocenters. The second kappa shape index (κ2) is 9.54. The van der Waals surface area contributed by atoms with E-state index in [-0.39, 0.29) is 30.4 Å². The minimum absolute atomic E-state index is 0.00740. The topological polar surface area (TPSA) is 58.6 Å². The van der Waals surface area contributed by atoms with Crippen LogP contribution in [0.1, 0.15) is 60.9 Å². The first-order valence-electron chi connectivity index (χ1n) is 11.5. The molecule has 1 saturated carbocycles. The average molecular weight is 421 g/mol. The van der Waals surface area contributed by atoms with E-state index in [4.69, 9.17) is 4.74 Å². The van der Waals surface area contributed by atoms with Crippen molar-refractivity contribution in [3.8, 4) is 5.75 Å². The van der Waals surface area contributed by atoms with E-state index in [1.807, 2.05) is 19.1 Å². The predicted molar refractivity (Wildman–Crippen MR) is 121 cm³/mol. The largest absolute Gasteiger partial charge is 0.484 e. The molecule has 1 aliphatic heterocycles. The van der Waals surface area contributed by atoms with Crippen molar-refractivity contribution in [3.05, 3.63) is 64.7 Å². The molecule has 0 aromatic heterocycles. The molecule has 1 aliphatic carbocycles. The molecule has 1 N–H and O–H groups in total. The molecule has 1 fully saturated rings. The number of amides is 2. The van der Waals surface area contributed by atoms with Crippen LogP contribution in [0.15, 0.2) is 42.5 Å². The summed E-state index contributed by atoms with van der Waals surface area (Å²) in [5, 5.41) is 2.75. The molecule has 164 valence electrons. The average Bonchev–Trinajstić information content (AvgIpc) is 3.32. The number of rotatable bonds is 6. The van der Waals surface area contributed by atoms with Crippen LogP contribution in [-0.4, -0.2) is 36.4 Å². The lowest BCUT2D eigenvalue weighted by Crippen LogP contribution is -2.43. The number of carbonyl (C=O) groups excluding carboxylic acids is 2. The van der Waals surface area contributed by atoms with Gasteiger partial charge < -0.3 is 15.0 Å². The molecular weight excluding hydrogens is 388 g/mol. The number of nitrogens with one attached hydrogen (secondary N) is 1. The summed E-state index contributed by atoms with van der Waals surface area (Å²) in [5.74, 6) is 0.958. The van der Waals surface area contributed by atoms with Crippen LogP contribution in [0.2, 0.25) is 0 Å².